The summed E-state index contributed by atoms with van der Waals surface area (Å²) >= 11 is 3.44. The van der Waals surface area contributed by atoms with Crippen LogP contribution in [0.1, 0.15) is 26.0 Å². The number of hydrogen-bond donors (Lipinski definition) is 2. The molecule has 1 saturated heterocycles. The summed E-state index contributed by atoms with van der Waals surface area (Å²) in [6.45, 7) is 5.93. The maximum absolute atomic E-state index is 12.1. The number of halogens is 1. The third-order valence-electron chi connectivity index (χ3n) is 4.78. The number of amides is 1. The van der Waals surface area contributed by atoms with Crippen LogP contribution in [-0.4, -0.2) is 42.9 Å². The molecule has 1 aliphatic rings. The molecule has 0 aliphatic carbocycles. The fourth-order valence-corrected chi connectivity index (χ4v) is 3.51. The second kappa shape index (κ2) is 9.28. The van der Waals surface area contributed by atoms with Gasteiger partial charge in [0.05, 0.1) is 6.54 Å². The lowest BCUT2D eigenvalue weighted by Gasteiger charge is -2.20. The molecule has 7 heteroatoms. The van der Waals surface area contributed by atoms with E-state index in [1.54, 1.807) is 7.05 Å². The van der Waals surface area contributed by atoms with E-state index in [9.17, 15) is 4.79 Å². The van der Waals surface area contributed by atoms with Gasteiger partial charge in [0.25, 0.3) is 0 Å². The van der Waals surface area contributed by atoms with E-state index in [1.165, 1.54) is 0 Å². The lowest BCUT2D eigenvalue weighted by molar-refractivity contribution is -0.133. The summed E-state index contributed by atoms with van der Waals surface area (Å²) < 4.78 is 6.98. The quantitative estimate of drug-likeness (QED) is 0.543. The average Bonchev–Trinajstić information content (AvgIpc) is 3.34. The minimum Gasteiger partial charge on any atom is -0.459 e. The van der Waals surface area contributed by atoms with E-state index in [0.29, 0.717) is 19.0 Å². The van der Waals surface area contributed by atoms with Crippen molar-refractivity contribution in [2.75, 3.05) is 20.1 Å². The average molecular weight is 447 g/mol. The second-order valence-electron chi connectivity index (χ2n) is 7.27. The fourth-order valence-electron chi connectivity index (χ4n) is 3.24. The van der Waals surface area contributed by atoms with Crippen molar-refractivity contribution in [1.82, 2.24) is 15.5 Å². The van der Waals surface area contributed by atoms with Gasteiger partial charge in [-0.3, -0.25) is 9.79 Å². The molecule has 2 heterocycles. The van der Waals surface area contributed by atoms with Crippen LogP contribution in [-0.2, 0) is 11.3 Å². The van der Waals surface area contributed by atoms with Crippen LogP contribution in [0.5, 0.6) is 0 Å². The number of nitrogens with one attached hydrogen (secondary N) is 2. The van der Waals surface area contributed by atoms with Crippen molar-refractivity contribution in [1.29, 1.82) is 0 Å². The van der Waals surface area contributed by atoms with Crippen molar-refractivity contribution in [3.05, 3.63) is 46.6 Å². The highest BCUT2D eigenvalue weighted by molar-refractivity contribution is 9.10. The van der Waals surface area contributed by atoms with Crippen molar-refractivity contribution in [2.45, 2.75) is 32.9 Å². The van der Waals surface area contributed by atoms with E-state index in [0.717, 1.165) is 34.5 Å². The Bertz CT molecular complexity index is 829. The highest BCUT2D eigenvalue weighted by Gasteiger charge is 2.27. The zero-order valence-electron chi connectivity index (χ0n) is 16.5. The lowest BCUT2D eigenvalue weighted by Crippen LogP contribution is -2.45. The predicted molar refractivity (Wildman–Crippen MR) is 115 cm³/mol. The van der Waals surface area contributed by atoms with Gasteiger partial charge in [-0.25, -0.2) is 0 Å². The van der Waals surface area contributed by atoms with Crippen LogP contribution in [0.25, 0.3) is 11.3 Å². The number of furan rings is 1. The molecule has 1 fully saturated rings. The Morgan fingerprint density at radius 3 is 2.71 bits per heavy atom. The maximum Gasteiger partial charge on any atom is 0.225 e. The summed E-state index contributed by atoms with van der Waals surface area (Å²) in [5, 5.41) is 6.69. The first kappa shape index (κ1) is 20.5. The van der Waals surface area contributed by atoms with Crippen molar-refractivity contribution >= 4 is 27.8 Å². The molecule has 0 bridgehead atoms. The molecular formula is C21H27BrN4O2. The van der Waals surface area contributed by atoms with Crippen LogP contribution in [0, 0.1) is 5.92 Å². The highest BCUT2D eigenvalue weighted by Crippen LogP contribution is 2.24. The largest absolute Gasteiger partial charge is 0.459 e. The molecule has 3 rings (SSSR count). The number of aliphatic imine (C=N–C) groups is 1. The number of benzene rings is 1. The molecule has 6 nitrogen and oxygen atoms in total. The first-order valence-electron chi connectivity index (χ1n) is 9.57. The first-order chi connectivity index (χ1) is 13.5. The summed E-state index contributed by atoms with van der Waals surface area (Å²) in [4.78, 5) is 18.3. The van der Waals surface area contributed by atoms with Gasteiger partial charge >= 0.3 is 0 Å². The topological polar surface area (TPSA) is 69.9 Å². The van der Waals surface area contributed by atoms with E-state index >= 15 is 0 Å². The molecule has 1 aliphatic heterocycles. The van der Waals surface area contributed by atoms with Gasteiger partial charge in [0.15, 0.2) is 5.96 Å². The van der Waals surface area contributed by atoms with Gasteiger partial charge in [-0.2, -0.15) is 0 Å². The van der Waals surface area contributed by atoms with Crippen LogP contribution < -0.4 is 10.6 Å². The van der Waals surface area contributed by atoms with Crippen molar-refractivity contribution in [3.8, 4) is 11.3 Å². The van der Waals surface area contributed by atoms with Crippen LogP contribution in [0.15, 0.2) is 50.3 Å². The van der Waals surface area contributed by atoms with E-state index in [2.05, 4.69) is 31.6 Å². The SMILES string of the molecule is CN=C(NCc1ccc(-c2ccc(Br)cc2)o1)NC1CCN(C(=O)C(C)C)C1. The molecule has 1 aromatic carbocycles. The standard InChI is InChI=1S/C21H27BrN4O2/c1-14(2)20(27)26-11-10-17(13-26)25-21(23-3)24-12-18-8-9-19(28-18)15-4-6-16(22)7-5-15/h4-9,14,17H,10-13H2,1-3H3,(H2,23,24,25). The molecule has 2 aromatic rings. The number of hydrogen-bond acceptors (Lipinski definition) is 3. The van der Waals surface area contributed by atoms with Crippen molar-refractivity contribution in [3.63, 3.8) is 0 Å². The van der Waals surface area contributed by atoms with E-state index in [1.807, 2.05) is 55.1 Å². The van der Waals surface area contributed by atoms with Crippen LogP contribution >= 0.6 is 15.9 Å². The normalized spacial score (nSPS) is 17.2. The number of nitrogens with zero attached hydrogens (tertiary/aromatic N) is 2. The van der Waals surface area contributed by atoms with E-state index < -0.39 is 0 Å². The second-order valence-corrected chi connectivity index (χ2v) is 8.18. The van der Waals surface area contributed by atoms with Crippen molar-refractivity contribution in [2.24, 2.45) is 10.9 Å². The van der Waals surface area contributed by atoms with E-state index in [-0.39, 0.29) is 17.9 Å². The lowest BCUT2D eigenvalue weighted by atomic mass is 10.2. The Kier molecular flexibility index (Phi) is 6.78. The molecule has 1 unspecified atom stereocenters. The van der Waals surface area contributed by atoms with Gasteiger partial charge in [-0.15, -0.1) is 0 Å². The molecule has 1 aromatic heterocycles. The minimum atomic E-state index is 0.0371. The van der Waals surface area contributed by atoms with Gasteiger partial charge in [-0.05, 0) is 30.7 Å². The molecule has 1 amide bonds. The monoisotopic (exact) mass is 446 g/mol. The zero-order chi connectivity index (χ0) is 20.1. The number of rotatable bonds is 5. The maximum atomic E-state index is 12.1. The zero-order valence-corrected chi connectivity index (χ0v) is 18.1. The van der Waals surface area contributed by atoms with Gasteiger partial charge in [0.1, 0.15) is 11.5 Å². The molecule has 2 N–H and O–H groups in total. The molecule has 150 valence electrons. The number of guanidine groups is 1. The molecule has 1 atom stereocenters. The summed E-state index contributed by atoms with van der Waals surface area (Å²) in [6, 6.07) is 12.2. The Morgan fingerprint density at radius 2 is 2.04 bits per heavy atom. The van der Waals surface area contributed by atoms with Crippen LogP contribution in [0.3, 0.4) is 0 Å². The molecule has 0 radical (unpaired) electrons. The Balaban J connectivity index is 1.51. The number of carbonyl (C=O) groups is 1. The summed E-state index contributed by atoms with van der Waals surface area (Å²) in [5.74, 6) is 2.64. The third kappa shape index (κ3) is 5.16. The minimum absolute atomic E-state index is 0.0371. The summed E-state index contributed by atoms with van der Waals surface area (Å²) in [5.41, 5.74) is 1.04. The highest BCUT2D eigenvalue weighted by atomic mass is 79.9. The van der Waals surface area contributed by atoms with Gasteiger partial charge in [0.2, 0.25) is 5.91 Å². The summed E-state index contributed by atoms with van der Waals surface area (Å²) in [6.07, 6.45) is 0.924. The molecule has 0 saturated carbocycles. The Labute approximate surface area is 174 Å². The van der Waals surface area contributed by atoms with Gasteiger partial charge in [-0.1, -0.05) is 41.9 Å². The van der Waals surface area contributed by atoms with Gasteiger partial charge < -0.3 is 20.0 Å². The van der Waals surface area contributed by atoms with Crippen LogP contribution in [0.2, 0.25) is 0 Å². The predicted octanol–water partition coefficient (Wildman–Crippen LogP) is 3.63. The number of carbonyl (C=O) groups excluding carboxylic acids is 1. The van der Waals surface area contributed by atoms with E-state index in [4.69, 9.17) is 4.42 Å². The van der Waals surface area contributed by atoms with Crippen LogP contribution in [0.4, 0.5) is 0 Å². The Hall–Kier alpha value is -2.28. The first-order valence-corrected chi connectivity index (χ1v) is 10.4. The Morgan fingerprint density at radius 1 is 1.29 bits per heavy atom. The smallest absolute Gasteiger partial charge is 0.225 e. The fraction of sp³-hybridized carbons (Fsp3) is 0.429. The summed E-state index contributed by atoms with van der Waals surface area (Å²) in [7, 11) is 1.75. The number of likely N-dealkylation sites (tertiary alicyclic amines) is 1. The van der Waals surface area contributed by atoms with Crippen molar-refractivity contribution < 1.29 is 9.21 Å². The molecular weight excluding hydrogens is 420 g/mol. The van der Waals surface area contributed by atoms with Gasteiger partial charge in [0, 0.05) is 42.1 Å². The molecule has 0 spiro atoms. The molecule has 28 heavy (non-hydrogen) atoms. The third-order valence-corrected chi connectivity index (χ3v) is 5.31.